The van der Waals surface area contributed by atoms with Crippen molar-refractivity contribution in [1.29, 1.82) is 0 Å². The van der Waals surface area contributed by atoms with Gasteiger partial charge >= 0.3 is 0 Å². The van der Waals surface area contributed by atoms with Crippen LogP contribution in [0.4, 0.5) is 10.1 Å². The number of benzene rings is 3. The summed E-state index contributed by atoms with van der Waals surface area (Å²) in [5.74, 6) is 0.843. The second-order valence-corrected chi connectivity index (χ2v) is 10.8. The number of thioether (sulfide) groups is 1. The van der Waals surface area contributed by atoms with Crippen LogP contribution in [0.1, 0.15) is 25.0 Å². The van der Waals surface area contributed by atoms with Crippen LogP contribution >= 0.6 is 50.3 Å². The van der Waals surface area contributed by atoms with E-state index in [-0.39, 0.29) is 11.7 Å². The summed E-state index contributed by atoms with van der Waals surface area (Å²) in [4.78, 5) is 19.8. The Morgan fingerprint density at radius 1 is 1.08 bits per heavy atom. The second kappa shape index (κ2) is 12.2. The zero-order chi connectivity index (χ0) is 25.7. The highest BCUT2D eigenvalue weighted by atomic mass is 127. The smallest absolute Gasteiger partial charge is 0.266 e. The monoisotopic (exact) mass is 680 g/mol. The molecule has 1 aliphatic heterocycles. The van der Waals surface area contributed by atoms with Gasteiger partial charge < -0.3 is 9.47 Å². The molecule has 0 atom stereocenters. The van der Waals surface area contributed by atoms with Gasteiger partial charge in [-0.2, -0.15) is 0 Å². The quantitative estimate of drug-likeness (QED) is 0.180. The minimum Gasteiger partial charge on any atom is -0.490 e. The first-order valence-electron chi connectivity index (χ1n) is 11.3. The van der Waals surface area contributed by atoms with Gasteiger partial charge in [-0.05, 0) is 114 Å². The number of carbonyl (C=O) groups excluding carboxylic acids is 1. The van der Waals surface area contributed by atoms with E-state index in [1.807, 2.05) is 56.3 Å². The molecule has 0 spiro atoms. The number of carbonyl (C=O) groups is 1. The molecular formula is C27H23BrFIN2O3S. The summed E-state index contributed by atoms with van der Waals surface area (Å²) in [6.45, 7) is 5.19. The first kappa shape index (κ1) is 26.7. The molecule has 9 heteroatoms. The zero-order valence-electron chi connectivity index (χ0n) is 19.6. The maximum Gasteiger partial charge on any atom is 0.266 e. The van der Waals surface area contributed by atoms with E-state index >= 15 is 0 Å². The van der Waals surface area contributed by atoms with Crippen LogP contribution in [0.5, 0.6) is 11.5 Å². The van der Waals surface area contributed by atoms with Gasteiger partial charge in [-0.1, -0.05) is 28.1 Å². The summed E-state index contributed by atoms with van der Waals surface area (Å²) < 4.78 is 27.2. The van der Waals surface area contributed by atoms with Gasteiger partial charge in [0.2, 0.25) is 0 Å². The van der Waals surface area contributed by atoms with Crippen LogP contribution in [0.3, 0.4) is 0 Å². The van der Waals surface area contributed by atoms with E-state index in [0.717, 1.165) is 19.2 Å². The van der Waals surface area contributed by atoms with Gasteiger partial charge in [0.05, 0.1) is 20.8 Å². The lowest BCUT2D eigenvalue weighted by Crippen LogP contribution is -2.28. The third-order valence-corrected chi connectivity index (χ3v) is 7.52. The number of ether oxygens (including phenoxy) is 2. The molecule has 36 heavy (non-hydrogen) atoms. The van der Waals surface area contributed by atoms with E-state index in [1.165, 1.54) is 23.9 Å². The second-order valence-electron chi connectivity index (χ2n) is 7.71. The van der Waals surface area contributed by atoms with Crippen molar-refractivity contribution in [2.24, 2.45) is 4.99 Å². The number of rotatable bonds is 8. The highest BCUT2D eigenvalue weighted by molar-refractivity contribution is 14.1. The van der Waals surface area contributed by atoms with Crippen LogP contribution in [0.2, 0.25) is 0 Å². The number of halogens is 3. The van der Waals surface area contributed by atoms with Gasteiger partial charge in [0.25, 0.3) is 5.91 Å². The molecule has 3 aromatic carbocycles. The number of hydrogen-bond acceptors (Lipinski definition) is 5. The number of amidine groups is 1. The van der Waals surface area contributed by atoms with Gasteiger partial charge in [0, 0.05) is 11.0 Å². The van der Waals surface area contributed by atoms with E-state index in [9.17, 15) is 9.18 Å². The average Bonchev–Trinajstić information content (AvgIpc) is 3.14. The normalized spacial score (nSPS) is 15.7. The highest BCUT2D eigenvalue weighted by Gasteiger charge is 2.32. The largest absolute Gasteiger partial charge is 0.490 e. The molecule has 3 aromatic rings. The SMILES string of the molecule is CCOc1cc(/C=C2/SC(=Nc3ccc(F)cc3)N(CC)C2=O)cc(I)c1OCc1ccc(Br)cc1. The molecule has 0 radical (unpaired) electrons. The van der Waals surface area contributed by atoms with Gasteiger partial charge in [-0.25, -0.2) is 9.38 Å². The van der Waals surface area contributed by atoms with Crippen LogP contribution in [-0.2, 0) is 11.4 Å². The summed E-state index contributed by atoms with van der Waals surface area (Å²) in [5.41, 5.74) is 2.46. The van der Waals surface area contributed by atoms with Crippen molar-refractivity contribution in [1.82, 2.24) is 4.90 Å². The third kappa shape index (κ3) is 6.49. The summed E-state index contributed by atoms with van der Waals surface area (Å²) >= 11 is 6.97. The van der Waals surface area contributed by atoms with E-state index in [0.29, 0.717) is 47.0 Å². The molecule has 5 nitrogen and oxygen atoms in total. The third-order valence-electron chi connectivity index (χ3n) is 5.18. The number of likely N-dealkylation sites (N-methyl/N-ethyl adjacent to an activating group) is 1. The van der Waals surface area contributed by atoms with Crippen LogP contribution in [0.25, 0.3) is 6.08 Å². The summed E-state index contributed by atoms with van der Waals surface area (Å²) in [6.07, 6.45) is 1.84. The fourth-order valence-electron chi connectivity index (χ4n) is 3.46. The summed E-state index contributed by atoms with van der Waals surface area (Å²) in [5, 5.41) is 0.564. The molecule has 186 valence electrons. The average molecular weight is 681 g/mol. The molecule has 0 saturated carbocycles. The predicted molar refractivity (Wildman–Crippen MR) is 155 cm³/mol. The van der Waals surface area contributed by atoms with Crippen LogP contribution in [0.15, 0.2) is 75.0 Å². The predicted octanol–water partition coefficient (Wildman–Crippen LogP) is 7.79. The lowest BCUT2D eigenvalue weighted by atomic mass is 10.1. The molecule has 0 aliphatic carbocycles. The minimum absolute atomic E-state index is 0.119. The molecule has 1 amide bonds. The number of aliphatic imine (C=N–C) groups is 1. The highest BCUT2D eigenvalue weighted by Crippen LogP contribution is 2.38. The van der Waals surface area contributed by atoms with Crippen molar-refractivity contribution < 1.29 is 18.7 Å². The molecule has 1 fully saturated rings. The van der Waals surface area contributed by atoms with Crippen molar-refractivity contribution >= 4 is 73.1 Å². The van der Waals surface area contributed by atoms with Crippen LogP contribution in [-0.4, -0.2) is 29.1 Å². The number of hydrogen-bond donors (Lipinski definition) is 0. The molecule has 0 aromatic heterocycles. The Labute approximate surface area is 236 Å². The van der Waals surface area contributed by atoms with Gasteiger partial charge in [0.1, 0.15) is 12.4 Å². The van der Waals surface area contributed by atoms with E-state index < -0.39 is 0 Å². The first-order valence-corrected chi connectivity index (χ1v) is 14.0. The van der Waals surface area contributed by atoms with Crippen molar-refractivity contribution in [3.63, 3.8) is 0 Å². The van der Waals surface area contributed by atoms with Crippen molar-refractivity contribution in [3.8, 4) is 11.5 Å². The maximum absolute atomic E-state index is 13.3. The number of nitrogens with zero attached hydrogens (tertiary/aromatic N) is 2. The lowest BCUT2D eigenvalue weighted by molar-refractivity contribution is -0.122. The Hall–Kier alpha value is -2.37. The Morgan fingerprint density at radius 3 is 2.47 bits per heavy atom. The molecule has 0 bridgehead atoms. The lowest BCUT2D eigenvalue weighted by Gasteiger charge is -2.15. The zero-order valence-corrected chi connectivity index (χ0v) is 24.2. The Balaban J connectivity index is 1.60. The van der Waals surface area contributed by atoms with Crippen molar-refractivity contribution in [2.45, 2.75) is 20.5 Å². The Bertz CT molecular complexity index is 1310. The Morgan fingerprint density at radius 2 is 1.81 bits per heavy atom. The molecule has 0 unspecified atom stereocenters. The molecule has 4 rings (SSSR count). The Kier molecular flexibility index (Phi) is 9.08. The van der Waals surface area contributed by atoms with Gasteiger partial charge in [0.15, 0.2) is 16.7 Å². The summed E-state index contributed by atoms with van der Waals surface area (Å²) in [7, 11) is 0. The van der Waals surface area contributed by atoms with E-state index in [2.05, 4.69) is 43.5 Å². The molecule has 1 heterocycles. The first-order chi connectivity index (χ1) is 17.4. The molecule has 1 aliphatic rings. The van der Waals surface area contributed by atoms with Gasteiger partial charge in [-0.3, -0.25) is 9.69 Å². The maximum atomic E-state index is 13.3. The minimum atomic E-state index is -0.328. The van der Waals surface area contributed by atoms with Crippen LogP contribution in [0, 0.1) is 9.39 Å². The van der Waals surface area contributed by atoms with E-state index in [1.54, 1.807) is 17.0 Å². The van der Waals surface area contributed by atoms with Gasteiger partial charge in [-0.15, -0.1) is 0 Å². The van der Waals surface area contributed by atoms with Crippen molar-refractivity contribution in [2.75, 3.05) is 13.2 Å². The standard InChI is InChI=1S/C27H23BrFIN2O3S/c1-3-32-26(33)24(36-27(32)31-21-11-9-20(29)10-12-21)15-18-13-22(30)25(23(14-18)34-4-2)35-16-17-5-7-19(28)8-6-17/h5-15H,3-4,16H2,1-2H3/b24-15+,31-27?. The van der Waals surface area contributed by atoms with E-state index in [4.69, 9.17) is 9.47 Å². The summed E-state index contributed by atoms with van der Waals surface area (Å²) in [6, 6.07) is 17.7. The fraction of sp³-hybridized carbons (Fsp3) is 0.185. The topological polar surface area (TPSA) is 51.1 Å². The molecule has 1 saturated heterocycles. The molecule has 0 N–H and O–H groups in total. The van der Waals surface area contributed by atoms with Crippen molar-refractivity contribution in [3.05, 3.63) is 90.6 Å². The fourth-order valence-corrected chi connectivity index (χ4v) is 5.57. The van der Waals surface area contributed by atoms with Crippen LogP contribution < -0.4 is 9.47 Å². The number of amides is 1. The molecular weight excluding hydrogens is 658 g/mol.